The number of nitriles is 1. The Labute approximate surface area is 108 Å². The van der Waals surface area contributed by atoms with Crippen molar-refractivity contribution in [2.75, 3.05) is 6.61 Å². The maximum Gasteiger partial charge on any atom is 0.125 e. The number of ether oxygens (including phenoxy) is 1. The van der Waals surface area contributed by atoms with Gasteiger partial charge < -0.3 is 9.84 Å². The molecule has 1 aromatic carbocycles. The first-order valence-corrected chi connectivity index (χ1v) is 6.35. The van der Waals surface area contributed by atoms with Gasteiger partial charge in [0, 0.05) is 17.4 Å². The monoisotopic (exact) mass is 245 g/mol. The molecule has 1 N–H and O–H groups in total. The van der Waals surface area contributed by atoms with E-state index < -0.39 is 6.10 Å². The molecule has 1 atom stereocenters. The SMILES string of the molecule is Cc1ccc(OCC2(CC#N)CC2)c([C@@H](C)O)c1. The van der Waals surface area contributed by atoms with Crippen LogP contribution in [0.2, 0.25) is 0 Å². The summed E-state index contributed by atoms with van der Waals surface area (Å²) in [6, 6.07) is 8.05. The largest absolute Gasteiger partial charge is 0.493 e. The van der Waals surface area contributed by atoms with Gasteiger partial charge in [-0.15, -0.1) is 0 Å². The van der Waals surface area contributed by atoms with E-state index in [2.05, 4.69) is 6.07 Å². The van der Waals surface area contributed by atoms with Crippen molar-refractivity contribution in [1.29, 1.82) is 5.26 Å². The van der Waals surface area contributed by atoms with Crippen LogP contribution in [0, 0.1) is 23.7 Å². The van der Waals surface area contributed by atoms with Crippen molar-refractivity contribution in [3.8, 4) is 11.8 Å². The van der Waals surface area contributed by atoms with Crippen LogP contribution in [-0.4, -0.2) is 11.7 Å². The maximum absolute atomic E-state index is 9.75. The predicted octanol–water partition coefficient (Wildman–Crippen LogP) is 3.12. The summed E-state index contributed by atoms with van der Waals surface area (Å²) in [6.07, 6.45) is 2.15. The third kappa shape index (κ3) is 2.83. The van der Waals surface area contributed by atoms with E-state index >= 15 is 0 Å². The second-order valence-corrected chi connectivity index (χ2v) is 5.34. The van der Waals surface area contributed by atoms with Crippen molar-refractivity contribution in [1.82, 2.24) is 0 Å². The van der Waals surface area contributed by atoms with E-state index in [4.69, 9.17) is 10.00 Å². The Morgan fingerprint density at radius 2 is 2.22 bits per heavy atom. The van der Waals surface area contributed by atoms with E-state index in [1.807, 2.05) is 25.1 Å². The van der Waals surface area contributed by atoms with Crippen LogP contribution in [0.1, 0.15) is 43.4 Å². The van der Waals surface area contributed by atoms with Gasteiger partial charge in [0.25, 0.3) is 0 Å². The average Bonchev–Trinajstić information content (AvgIpc) is 3.08. The number of benzene rings is 1. The van der Waals surface area contributed by atoms with Crippen molar-refractivity contribution < 1.29 is 9.84 Å². The quantitative estimate of drug-likeness (QED) is 0.867. The Bertz CT molecular complexity index is 470. The molecule has 1 saturated carbocycles. The smallest absolute Gasteiger partial charge is 0.125 e. The maximum atomic E-state index is 9.75. The fourth-order valence-electron chi connectivity index (χ4n) is 2.07. The Morgan fingerprint density at radius 1 is 1.50 bits per heavy atom. The lowest BCUT2D eigenvalue weighted by atomic mass is 10.0. The van der Waals surface area contributed by atoms with Gasteiger partial charge >= 0.3 is 0 Å². The highest BCUT2D eigenvalue weighted by Gasteiger charge is 2.43. The minimum atomic E-state index is -0.536. The molecule has 0 heterocycles. The van der Waals surface area contributed by atoms with Crippen LogP contribution in [0.25, 0.3) is 0 Å². The molecular weight excluding hydrogens is 226 g/mol. The third-order valence-electron chi connectivity index (χ3n) is 3.56. The summed E-state index contributed by atoms with van der Waals surface area (Å²) in [5.74, 6) is 0.736. The van der Waals surface area contributed by atoms with Gasteiger partial charge in [-0.3, -0.25) is 0 Å². The van der Waals surface area contributed by atoms with Crippen LogP contribution in [0.3, 0.4) is 0 Å². The van der Waals surface area contributed by atoms with Crippen molar-refractivity contribution >= 4 is 0 Å². The van der Waals surface area contributed by atoms with Gasteiger partial charge in [0.05, 0.1) is 18.8 Å². The van der Waals surface area contributed by atoms with Crippen LogP contribution in [-0.2, 0) is 0 Å². The summed E-state index contributed by atoms with van der Waals surface area (Å²) in [4.78, 5) is 0. The molecule has 1 aliphatic carbocycles. The molecule has 1 aliphatic rings. The zero-order valence-electron chi connectivity index (χ0n) is 10.9. The minimum Gasteiger partial charge on any atom is -0.493 e. The standard InChI is InChI=1S/C15H19NO2/c1-11-3-4-14(13(9-11)12(2)17)18-10-15(5-6-15)7-8-16/h3-4,9,12,17H,5-7,10H2,1-2H3/t12-/m1/s1. The van der Waals surface area contributed by atoms with Gasteiger partial charge in [-0.2, -0.15) is 5.26 Å². The Balaban J connectivity index is 2.08. The molecule has 96 valence electrons. The van der Waals surface area contributed by atoms with E-state index in [-0.39, 0.29) is 5.41 Å². The van der Waals surface area contributed by atoms with Gasteiger partial charge in [-0.25, -0.2) is 0 Å². The molecule has 3 heteroatoms. The summed E-state index contributed by atoms with van der Waals surface area (Å²) >= 11 is 0. The summed E-state index contributed by atoms with van der Waals surface area (Å²) in [5.41, 5.74) is 1.99. The molecule has 1 fully saturated rings. The Hall–Kier alpha value is -1.53. The summed E-state index contributed by atoms with van der Waals surface area (Å²) < 4.78 is 5.82. The first-order chi connectivity index (χ1) is 8.56. The zero-order valence-corrected chi connectivity index (χ0v) is 10.9. The Morgan fingerprint density at radius 3 is 2.78 bits per heavy atom. The molecule has 2 rings (SSSR count). The summed E-state index contributed by atoms with van der Waals surface area (Å²) in [7, 11) is 0. The molecule has 0 aromatic heterocycles. The number of nitrogens with zero attached hydrogens (tertiary/aromatic N) is 1. The van der Waals surface area contributed by atoms with Gasteiger partial charge in [-0.05, 0) is 38.8 Å². The van der Waals surface area contributed by atoms with Crippen LogP contribution in [0.5, 0.6) is 5.75 Å². The highest BCUT2D eigenvalue weighted by atomic mass is 16.5. The third-order valence-corrected chi connectivity index (χ3v) is 3.56. The zero-order chi connectivity index (χ0) is 13.2. The molecule has 0 aliphatic heterocycles. The molecule has 1 aromatic rings. The predicted molar refractivity (Wildman–Crippen MR) is 69.2 cm³/mol. The second-order valence-electron chi connectivity index (χ2n) is 5.34. The van der Waals surface area contributed by atoms with E-state index in [9.17, 15) is 5.11 Å². The topological polar surface area (TPSA) is 53.2 Å². The molecule has 3 nitrogen and oxygen atoms in total. The highest BCUT2D eigenvalue weighted by Crippen LogP contribution is 2.49. The first-order valence-electron chi connectivity index (χ1n) is 6.35. The average molecular weight is 245 g/mol. The lowest BCUT2D eigenvalue weighted by Crippen LogP contribution is -2.13. The lowest BCUT2D eigenvalue weighted by Gasteiger charge is -2.17. The molecule has 0 bridgehead atoms. The molecule has 0 spiro atoms. The molecular formula is C15H19NO2. The van der Waals surface area contributed by atoms with Crippen molar-refractivity contribution in [2.45, 2.75) is 39.2 Å². The Kier molecular flexibility index (Phi) is 3.58. The van der Waals surface area contributed by atoms with E-state index in [0.717, 1.165) is 29.7 Å². The number of aryl methyl sites for hydroxylation is 1. The van der Waals surface area contributed by atoms with Crippen LogP contribution in [0.15, 0.2) is 18.2 Å². The molecule has 0 radical (unpaired) electrons. The number of hydrogen-bond acceptors (Lipinski definition) is 3. The molecule has 0 unspecified atom stereocenters. The fraction of sp³-hybridized carbons (Fsp3) is 0.533. The fourth-order valence-corrected chi connectivity index (χ4v) is 2.07. The lowest BCUT2D eigenvalue weighted by molar-refractivity contribution is 0.183. The summed E-state index contributed by atoms with van der Waals surface area (Å²) in [6.45, 7) is 4.31. The number of rotatable bonds is 5. The van der Waals surface area contributed by atoms with Crippen LogP contribution >= 0.6 is 0 Å². The highest BCUT2D eigenvalue weighted by molar-refractivity contribution is 5.38. The number of hydrogen-bond donors (Lipinski definition) is 1. The van der Waals surface area contributed by atoms with Gasteiger partial charge in [0.15, 0.2) is 0 Å². The van der Waals surface area contributed by atoms with Crippen LogP contribution < -0.4 is 4.74 Å². The molecule has 0 saturated heterocycles. The normalized spacial score (nSPS) is 17.9. The first kappa shape index (κ1) is 12.9. The van der Waals surface area contributed by atoms with E-state index in [1.54, 1.807) is 6.92 Å². The van der Waals surface area contributed by atoms with E-state index in [0.29, 0.717) is 13.0 Å². The molecule has 0 amide bonds. The van der Waals surface area contributed by atoms with Gasteiger partial charge in [-0.1, -0.05) is 11.6 Å². The van der Waals surface area contributed by atoms with Crippen molar-refractivity contribution in [3.63, 3.8) is 0 Å². The van der Waals surface area contributed by atoms with Gasteiger partial charge in [0.1, 0.15) is 5.75 Å². The van der Waals surface area contributed by atoms with E-state index in [1.165, 1.54) is 0 Å². The van der Waals surface area contributed by atoms with Crippen molar-refractivity contribution in [2.24, 2.45) is 5.41 Å². The molecule has 18 heavy (non-hydrogen) atoms. The van der Waals surface area contributed by atoms with Gasteiger partial charge in [0.2, 0.25) is 0 Å². The minimum absolute atomic E-state index is 0.0651. The number of aliphatic hydroxyl groups is 1. The van der Waals surface area contributed by atoms with Crippen LogP contribution in [0.4, 0.5) is 0 Å². The van der Waals surface area contributed by atoms with Crippen molar-refractivity contribution in [3.05, 3.63) is 29.3 Å². The number of aliphatic hydroxyl groups excluding tert-OH is 1. The summed E-state index contributed by atoms with van der Waals surface area (Å²) in [5, 5.41) is 18.5. The second kappa shape index (κ2) is 4.99.